The molecule has 1 N–H and O–H groups in total. The van der Waals surface area contributed by atoms with Crippen LogP contribution in [-0.2, 0) is 16.0 Å². The van der Waals surface area contributed by atoms with Gasteiger partial charge in [0.25, 0.3) is 0 Å². The molecule has 27 heavy (non-hydrogen) atoms. The van der Waals surface area contributed by atoms with Crippen molar-refractivity contribution in [1.29, 1.82) is 0 Å². The second-order valence-corrected chi connectivity index (χ2v) is 6.66. The number of benzene rings is 2. The third-order valence-electron chi connectivity index (χ3n) is 4.17. The van der Waals surface area contributed by atoms with Gasteiger partial charge in [0.05, 0.1) is 6.54 Å². The smallest absolute Gasteiger partial charge is 0.243 e. The molecule has 0 aromatic heterocycles. The van der Waals surface area contributed by atoms with Gasteiger partial charge >= 0.3 is 0 Å². The van der Waals surface area contributed by atoms with Crippen molar-refractivity contribution in [3.63, 3.8) is 0 Å². The second kappa shape index (κ2) is 8.77. The first-order valence-corrected chi connectivity index (χ1v) is 9.08. The fourth-order valence-corrected chi connectivity index (χ4v) is 3.01. The number of carbonyl (C=O) groups excluding carboxylic acids is 2. The summed E-state index contributed by atoms with van der Waals surface area (Å²) in [5.74, 6) is 0.830. The summed E-state index contributed by atoms with van der Waals surface area (Å²) < 4.78 is 11.0. The molecule has 142 valence electrons. The van der Waals surface area contributed by atoms with E-state index in [1.54, 1.807) is 24.3 Å². The molecule has 0 bridgehead atoms. The van der Waals surface area contributed by atoms with E-state index in [1.807, 2.05) is 18.2 Å². The molecule has 0 saturated heterocycles. The van der Waals surface area contributed by atoms with Gasteiger partial charge in [0.2, 0.25) is 11.8 Å². The van der Waals surface area contributed by atoms with Gasteiger partial charge in [-0.3, -0.25) is 9.59 Å². The van der Waals surface area contributed by atoms with Crippen molar-refractivity contribution in [2.45, 2.75) is 13.3 Å². The number of ether oxygens (including phenoxy) is 2. The quantitative estimate of drug-likeness (QED) is 0.825. The molecule has 1 aliphatic heterocycles. The number of hydrogen-bond donors (Lipinski definition) is 1. The van der Waals surface area contributed by atoms with E-state index in [-0.39, 0.29) is 18.4 Å². The van der Waals surface area contributed by atoms with Gasteiger partial charge in [0, 0.05) is 30.2 Å². The largest absolute Gasteiger partial charge is 0.486 e. The Morgan fingerprint density at radius 3 is 2.63 bits per heavy atom. The third kappa shape index (κ3) is 5.37. The monoisotopic (exact) mass is 388 g/mol. The Balaban J connectivity index is 1.57. The highest BCUT2D eigenvalue weighted by Crippen LogP contribution is 2.32. The van der Waals surface area contributed by atoms with E-state index in [0.29, 0.717) is 48.4 Å². The summed E-state index contributed by atoms with van der Waals surface area (Å²) in [4.78, 5) is 25.8. The van der Waals surface area contributed by atoms with Crippen molar-refractivity contribution < 1.29 is 19.1 Å². The standard InChI is InChI=1S/C20H21ClN2O4/c1-14(24)23(8-7-15-3-2-4-16(21)11-15)13-20(25)22-17-5-6-18-19(12-17)27-10-9-26-18/h2-6,11-12H,7-10,13H2,1H3,(H,22,25). The molecule has 2 aromatic rings. The number of fused-ring (bicyclic) bond motifs is 1. The van der Waals surface area contributed by atoms with Crippen LogP contribution in [0.3, 0.4) is 0 Å². The number of nitrogens with zero attached hydrogens (tertiary/aromatic N) is 1. The van der Waals surface area contributed by atoms with Crippen molar-refractivity contribution >= 4 is 29.1 Å². The number of anilines is 1. The molecule has 0 unspecified atom stereocenters. The van der Waals surface area contributed by atoms with Gasteiger partial charge in [-0.2, -0.15) is 0 Å². The summed E-state index contributed by atoms with van der Waals surface area (Å²) in [5, 5.41) is 3.45. The Hall–Kier alpha value is -2.73. The van der Waals surface area contributed by atoms with Crippen molar-refractivity contribution in [2.75, 3.05) is 31.6 Å². The Kier molecular flexibility index (Phi) is 6.19. The highest BCUT2D eigenvalue weighted by atomic mass is 35.5. The number of carbonyl (C=O) groups is 2. The Bertz CT molecular complexity index is 840. The van der Waals surface area contributed by atoms with Crippen LogP contribution < -0.4 is 14.8 Å². The normalized spacial score (nSPS) is 12.4. The van der Waals surface area contributed by atoms with E-state index in [2.05, 4.69) is 5.32 Å². The molecule has 0 atom stereocenters. The fraction of sp³-hybridized carbons (Fsp3) is 0.300. The predicted molar refractivity (Wildman–Crippen MR) is 103 cm³/mol. The van der Waals surface area contributed by atoms with Gasteiger partial charge in [-0.1, -0.05) is 23.7 Å². The van der Waals surface area contributed by atoms with Gasteiger partial charge in [0.1, 0.15) is 13.2 Å². The van der Waals surface area contributed by atoms with Gasteiger partial charge in [-0.05, 0) is 36.2 Å². The first kappa shape index (κ1) is 19.0. The topological polar surface area (TPSA) is 67.9 Å². The number of rotatable bonds is 6. The van der Waals surface area contributed by atoms with Crippen LogP contribution in [0, 0.1) is 0 Å². The molecule has 3 rings (SSSR count). The lowest BCUT2D eigenvalue weighted by Gasteiger charge is -2.21. The van der Waals surface area contributed by atoms with Crippen LogP contribution in [0.25, 0.3) is 0 Å². The Morgan fingerprint density at radius 2 is 1.89 bits per heavy atom. The summed E-state index contributed by atoms with van der Waals surface area (Å²) in [5.41, 5.74) is 1.61. The molecule has 7 heteroatoms. The third-order valence-corrected chi connectivity index (χ3v) is 4.40. The lowest BCUT2D eigenvalue weighted by atomic mass is 10.1. The zero-order chi connectivity index (χ0) is 19.2. The van der Waals surface area contributed by atoms with Crippen molar-refractivity contribution in [3.8, 4) is 11.5 Å². The predicted octanol–water partition coefficient (Wildman–Crippen LogP) is 3.14. The van der Waals surface area contributed by atoms with E-state index < -0.39 is 0 Å². The molecule has 0 spiro atoms. The second-order valence-electron chi connectivity index (χ2n) is 6.23. The maximum absolute atomic E-state index is 12.4. The lowest BCUT2D eigenvalue weighted by molar-refractivity contribution is -0.132. The maximum atomic E-state index is 12.4. The molecular weight excluding hydrogens is 368 g/mol. The zero-order valence-electron chi connectivity index (χ0n) is 15.0. The van der Waals surface area contributed by atoms with Crippen LogP contribution >= 0.6 is 11.6 Å². The highest BCUT2D eigenvalue weighted by Gasteiger charge is 2.16. The molecular formula is C20H21ClN2O4. The molecule has 1 aliphatic rings. The van der Waals surface area contributed by atoms with Crippen LogP contribution in [0.4, 0.5) is 5.69 Å². The van der Waals surface area contributed by atoms with E-state index in [4.69, 9.17) is 21.1 Å². The molecule has 0 fully saturated rings. The first-order valence-electron chi connectivity index (χ1n) is 8.71. The van der Waals surface area contributed by atoms with Gasteiger partial charge in [-0.25, -0.2) is 0 Å². The average Bonchev–Trinajstić information content (AvgIpc) is 2.65. The van der Waals surface area contributed by atoms with E-state index in [9.17, 15) is 9.59 Å². The SMILES string of the molecule is CC(=O)N(CCc1cccc(Cl)c1)CC(=O)Nc1ccc2c(c1)OCCO2. The molecule has 2 aromatic carbocycles. The van der Waals surface area contributed by atoms with Crippen molar-refractivity contribution in [2.24, 2.45) is 0 Å². The zero-order valence-corrected chi connectivity index (χ0v) is 15.8. The van der Waals surface area contributed by atoms with E-state index in [0.717, 1.165) is 5.56 Å². The maximum Gasteiger partial charge on any atom is 0.243 e. The molecule has 0 radical (unpaired) electrons. The van der Waals surface area contributed by atoms with Crippen molar-refractivity contribution in [3.05, 3.63) is 53.1 Å². The van der Waals surface area contributed by atoms with E-state index in [1.165, 1.54) is 11.8 Å². The van der Waals surface area contributed by atoms with Gasteiger partial charge in [0.15, 0.2) is 11.5 Å². The van der Waals surface area contributed by atoms with Crippen LogP contribution in [0.2, 0.25) is 5.02 Å². The molecule has 2 amide bonds. The number of hydrogen-bond acceptors (Lipinski definition) is 4. The molecule has 1 heterocycles. The highest BCUT2D eigenvalue weighted by molar-refractivity contribution is 6.30. The van der Waals surface area contributed by atoms with Gasteiger partial charge in [-0.15, -0.1) is 0 Å². The van der Waals surface area contributed by atoms with Crippen LogP contribution in [-0.4, -0.2) is 43.0 Å². The summed E-state index contributed by atoms with van der Waals surface area (Å²) in [6.45, 7) is 2.86. The van der Waals surface area contributed by atoms with Crippen LogP contribution in [0.1, 0.15) is 12.5 Å². The van der Waals surface area contributed by atoms with E-state index >= 15 is 0 Å². The van der Waals surface area contributed by atoms with Gasteiger partial charge < -0.3 is 19.7 Å². The van der Waals surface area contributed by atoms with Crippen LogP contribution in [0.5, 0.6) is 11.5 Å². The average molecular weight is 389 g/mol. The molecule has 0 saturated carbocycles. The number of halogens is 1. The first-order chi connectivity index (χ1) is 13.0. The minimum Gasteiger partial charge on any atom is -0.486 e. The lowest BCUT2D eigenvalue weighted by Crippen LogP contribution is -2.38. The summed E-state index contributed by atoms with van der Waals surface area (Å²) in [6, 6.07) is 12.7. The summed E-state index contributed by atoms with van der Waals surface area (Å²) >= 11 is 5.98. The summed E-state index contributed by atoms with van der Waals surface area (Å²) in [6.07, 6.45) is 0.622. The fourth-order valence-electron chi connectivity index (χ4n) is 2.80. The van der Waals surface area contributed by atoms with Crippen LogP contribution in [0.15, 0.2) is 42.5 Å². The molecule has 0 aliphatic carbocycles. The summed E-state index contributed by atoms with van der Waals surface area (Å²) in [7, 11) is 0. The van der Waals surface area contributed by atoms with Crippen molar-refractivity contribution in [1.82, 2.24) is 4.90 Å². The Morgan fingerprint density at radius 1 is 1.11 bits per heavy atom. The number of nitrogens with one attached hydrogen (secondary N) is 1. The number of amides is 2. The minimum atomic E-state index is -0.270. The Labute approximate surface area is 163 Å². The molecule has 6 nitrogen and oxygen atoms in total. The minimum absolute atomic E-state index is 0.0235.